The van der Waals surface area contributed by atoms with Gasteiger partial charge in [-0.1, -0.05) is 54.6 Å². The number of rotatable bonds is 7. The molecule has 2 aromatic carbocycles. The topological polar surface area (TPSA) is 102 Å². The summed E-state index contributed by atoms with van der Waals surface area (Å²) in [5.41, 5.74) is 3.25. The smallest absolute Gasteiger partial charge is 0.408 e. The number of fused-ring (bicyclic) bond motifs is 2. The zero-order valence-corrected chi connectivity index (χ0v) is 24.2. The Balaban J connectivity index is 1.30. The highest BCUT2D eigenvalue weighted by Gasteiger charge is 2.47. The number of ether oxygens (including phenoxy) is 1. The maximum absolute atomic E-state index is 14.7. The summed E-state index contributed by atoms with van der Waals surface area (Å²) < 4.78 is 5.60. The van der Waals surface area contributed by atoms with Crippen molar-refractivity contribution in [1.82, 2.24) is 20.0 Å². The summed E-state index contributed by atoms with van der Waals surface area (Å²) in [6.07, 6.45) is 4.97. The van der Waals surface area contributed by atoms with Gasteiger partial charge in [-0.25, -0.2) is 4.79 Å². The second kappa shape index (κ2) is 12.8. The standard InChI is InChI=1S/C33H42N4O5/c38-31(34-28-14-6-11-24-10-4-5-13-27(24)28)29-22-35-17-7-12-26(35)21-36(29)32(39)30(25-15-18-42-19-16-25)37(33(40)41)20-23-8-2-1-3-9-23/h1-5,8-10,13,25-26,28-30H,6-7,11-12,14-22H2,(H,34,38)(H,40,41)/t26-,28?,29-,30-/m0/s1. The molecule has 0 spiro atoms. The van der Waals surface area contributed by atoms with Gasteiger partial charge in [0.1, 0.15) is 12.1 Å². The number of piperazine rings is 1. The van der Waals surface area contributed by atoms with Crippen LogP contribution in [0.4, 0.5) is 4.79 Å². The van der Waals surface area contributed by atoms with Gasteiger partial charge in [-0.3, -0.25) is 19.4 Å². The van der Waals surface area contributed by atoms with Gasteiger partial charge in [0.2, 0.25) is 11.8 Å². The summed E-state index contributed by atoms with van der Waals surface area (Å²) in [5, 5.41) is 13.8. The molecule has 3 aliphatic heterocycles. The molecule has 1 aliphatic carbocycles. The highest BCUT2D eigenvalue weighted by molar-refractivity contribution is 5.92. The fourth-order valence-corrected chi connectivity index (χ4v) is 7.51. The first-order valence-electron chi connectivity index (χ1n) is 15.5. The van der Waals surface area contributed by atoms with Crippen molar-refractivity contribution in [2.75, 3.05) is 32.8 Å². The van der Waals surface area contributed by atoms with Crippen molar-refractivity contribution < 1.29 is 24.2 Å². The number of aryl methyl sites for hydroxylation is 1. The van der Waals surface area contributed by atoms with Crippen LogP contribution in [0.2, 0.25) is 0 Å². The summed E-state index contributed by atoms with van der Waals surface area (Å²) in [5.74, 6) is -0.580. The second-order valence-corrected chi connectivity index (χ2v) is 12.2. The van der Waals surface area contributed by atoms with Gasteiger partial charge in [0.05, 0.1) is 6.04 Å². The molecule has 1 unspecified atom stereocenters. The number of carbonyl (C=O) groups is 3. The van der Waals surface area contributed by atoms with Gasteiger partial charge in [-0.05, 0) is 74.1 Å². The fraction of sp³-hybridized carbons (Fsp3) is 0.545. The molecule has 2 aromatic rings. The third-order valence-corrected chi connectivity index (χ3v) is 9.70. The van der Waals surface area contributed by atoms with Crippen LogP contribution in [0.3, 0.4) is 0 Å². The molecular weight excluding hydrogens is 532 g/mol. The van der Waals surface area contributed by atoms with Crippen molar-refractivity contribution in [3.8, 4) is 0 Å². The fourth-order valence-electron chi connectivity index (χ4n) is 7.51. The van der Waals surface area contributed by atoms with Crippen LogP contribution in [0.15, 0.2) is 54.6 Å². The van der Waals surface area contributed by atoms with Gasteiger partial charge in [0.15, 0.2) is 0 Å². The summed E-state index contributed by atoms with van der Waals surface area (Å²) in [6, 6.07) is 16.2. The SMILES string of the molecule is O=C(NC1CCCc2ccccc21)[C@@H]1CN2CCC[C@H]2CN1C(=O)[C@H](C1CCOCC1)N(Cc1ccccc1)C(=O)O. The van der Waals surface area contributed by atoms with Gasteiger partial charge in [0.25, 0.3) is 0 Å². The summed E-state index contributed by atoms with van der Waals surface area (Å²) in [6.45, 7) is 2.94. The summed E-state index contributed by atoms with van der Waals surface area (Å²) in [4.78, 5) is 47.0. The van der Waals surface area contributed by atoms with Crippen molar-refractivity contribution in [2.45, 2.75) is 75.7 Å². The molecule has 0 aromatic heterocycles. The van der Waals surface area contributed by atoms with Crippen LogP contribution in [0.5, 0.6) is 0 Å². The van der Waals surface area contributed by atoms with Crippen molar-refractivity contribution in [3.05, 3.63) is 71.3 Å². The Bertz CT molecular complexity index is 1270. The number of nitrogens with zero attached hydrogens (tertiary/aromatic N) is 3. The number of benzene rings is 2. The molecule has 3 fully saturated rings. The molecular formula is C33H42N4O5. The minimum absolute atomic E-state index is 0.0874. The summed E-state index contributed by atoms with van der Waals surface area (Å²) >= 11 is 0. The molecule has 0 bridgehead atoms. The van der Waals surface area contributed by atoms with Gasteiger partial charge in [-0.2, -0.15) is 0 Å². The van der Waals surface area contributed by atoms with Crippen LogP contribution in [0.25, 0.3) is 0 Å². The van der Waals surface area contributed by atoms with E-state index in [0.717, 1.165) is 49.8 Å². The van der Waals surface area contributed by atoms with E-state index in [1.807, 2.05) is 42.5 Å². The van der Waals surface area contributed by atoms with E-state index in [4.69, 9.17) is 4.74 Å². The molecule has 9 heteroatoms. The van der Waals surface area contributed by atoms with E-state index in [1.165, 1.54) is 10.5 Å². The third-order valence-electron chi connectivity index (χ3n) is 9.70. The monoisotopic (exact) mass is 574 g/mol. The number of carboxylic acid groups (broad SMARTS) is 1. The van der Waals surface area contributed by atoms with E-state index >= 15 is 0 Å². The normalized spacial score (nSPS) is 25.2. The van der Waals surface area contributed by atoms with E-state index in [2.05, 4.69) is 22.3 Å². The van der Waals surface area contributed by atoms with E-state index in [0.29, 0.717) is 39.1 Å². The maximum atomic E-state index is 14.7. The highest BCUT2D eigenvalue weighted by Crippen LogP contribution is 2.33. The molecule has 3 saturated heterocycles. The largest absolute Gasteiger partial charge is 0.465 e. The average Bonchev–Trinajstić information content (AvgIpc) is 3.49. The molecule has 3 heterocycles. The van der Waals surface area contributed by atoms with Gasteiger partial charge < -0.3 is 20.1 Å². The predicted molar refractivity (Wildman–Crippen MR) is 158 cm³/mol. The molecule has 3 amide bonds. The number of carbonyl (C=O) groups excluding carboxylic acids is 2. The minimum Gasteiger partial charge on any atom is -0.465 e. The molecule has 9 nitrogen and oxygen atoms in total. The lowest BCUT2D eigenvalue weighted by atomic mass is 9.87. The molecule has 2 N–H and O–H groups in total. The second-order valence-electron chi connectivity index (χ2n) is 12.2. The molecule has 6 rings (SSSR count). The van der Waals surface area contributed by atoms with Crippen molar-refractivity contribution in [1.29, 1.82) is 0 Å². The van der Waals surface area contributed by atoms with E-state index < -0.39 is 18.2 Å². The van der Waals surface area contributed by atoms with Crippen LogP contribution >= 0.6 is 0 Å². The Morgan fingerprint density at radius 3 is 2.50 bits per heavy atom. The van der Waals surface area contributed by atoms with Crippen LogP contribution in [-0.4, -0.2) is 88.7 Å². The Hall–Kier alpha value is -3.43. The highest BCUT2D eigenvalue weighted by atomic mass is 16.5. The molecule has 4 aliphatic rings. The first-order chi connectivity index (χ1) is 20.5. The van der Waals surface area contributed by atoms with E-state index in [1.54, 1.807) is 4.90 Å². The van der Waals surface area contributed by atoms with Crippen LogP contribution in [-0.2, 0) is 27.3 Å². The molecule has 42 heavy (non-hydrogen) atoms. The van der Waals surface area contributed by atoms with E-state index in [9.17, 15) is 19.5 Å². The lowest BCUT2D eigenvalue weighted by Gasteiger charge is -2.46. The van der Waals surface area contributed by atoms with Crippen LogP contribution < -0.4 is 5.32 Å². The average molecular weight is 575 g/mol. The minimum atomic E-state index is -1.12. The first kappa shape index (κ1) is 28.7. The molecule has 224 valence electrons. The summed E-state index contributed by atoms with van der Waals surface area (Å²) in [7, 11) is 0. The zero-order chi connectivity index (χ0) is 29.1. The molecule has 0 radical (unpaired) electrons. The predicted octanol–water partition coefficient (Wildman–Crippen LogP) is 3.83. The van der Waals surface area contributed by atoms with Crippen molar-refractivity contribution >= 4 is 17.9 Å². The Kier molecular flexibility index (Phi) is 8.76. The van der Waals surface area contributed by atoms with Gasteiger partial charge in [-0.15, -0.1) is 0 Å². The Morgan fingerprint density at radius 2 is 1.71 bits per heavy atom. The molecule has 0 saturated carbocycles. The number of nitrogens with one attached hydrogen (secondary N) is 1. The lowest BCUT2D eigenvalue weighted by Crippen LogP contribution is -2.66. The number of amides is 3. The third kappa shape index (κ3) is 6.03. The lowest BCUT2D eigenvalue weighted by molar-refractivity contribution is -0.152. The zero-order valence-electron chi connectivity index (χ0n) is 24.2. The van der Waals surface area contributed by atoms with E-state index in [-0.39, 0.29) is 36.4 Å². The van der Waals surface area contributed by atoms with Crippen LogP contribution in [0.1, 0.15) is 61.3 Å². The van der Waals surface area contributed by atoms with Gasteiger partial charge >= 0.3 is 6.09 Å². The number of hydrogen-bond donors (Lipinski definition) is 2. The molecule has 4 atom stereocenters. The van der Waals surface area contributed by atoms with Crippen LogP contribution in [0, 0.1) is 5.92 Å². The van der Waals surface area contributed by atoms with Crippen molar-refractivity contribution in [3.63, 3.8) is 0 Å². The maximum Gasteiger partial charge on any atom is 0.408 e. The quantitative estimate of drug-likeness (QED) is 0.521. The van der Waals surface area contributed by atoms with Gasteiger partial charge in [0, 0.05) is 38.9 Å². The number of hydrogen-bond acceptors (Lipinski definition) is 5. The Labute approximate surface area is 247 Å². The van der Waals surface area contributed by atoms with Crippen molar-refractivity contribution in [2.24, 2.45) is 5.92 Å². The Morgan fingerprint density at radius 1 is 0.952 bits per heavy atom. The first-order valence-corrected chi connectivity index (χ1v) is 15.5.